The Morgan fingerprint density at radius 3 is 2.30 bits per heavy atom. The molecule has 0 aliphatic heterocycles. The highest BCUT2D eigenvalue weighted by atomic mass is 16.5. The zero-order valence-corrected chi connectivity index (χ0v) is 15.5. The van der Waals surface area contributed by atoms with Gasteiger partial charge >= 0.3 is 0 Å². The molecule has 1 aromatic heterocycles. The molecule has 0 saturated heterocycles. The SMILES string of the molecule is COc1ccc(C(C)(C#Cc2ccccc2)c2c[nH]c3ccccc23)cc1. The van der Waals surface area contributed by atoms with Crippen LogP contribution in [0.25, 0.3) is 10.9 Å². The topological polar surface area (TPSA) is 25.0 Å². The molecule has 0 saturated carbocycles. The number of benzene rings is 3. The first-order valence-electron chi connectivity index (χ1n) is 9.00. The van der Waals surface area contributed by atoms with Gasteiger partial charge in [0.15, 0.2) is 0 Å². The van der Waals surface area contributed by atoms with E-state index in [1.54, 1.807) is 7.11 Å². The summed E-state index contributed by atoms with van der Waals surface area (Å²) >= 11 is 0. The van der Waals surface area contributed by atoms with Crippen molar-refractivity contribution in [1.82, 2.24) is 4.98 Å². The number of aromatic nitrogens is 1. The van der Waals surface area contributed by atoms with E-state index >= 15 is 0 Å². The van der Waals surface area contributed by atoms with Crippen LogP contribution in [0.2, 0.25) is 0 Å². The summed E-state index contributed by atoms with van der Waals surface area (Å²) in [6.07, 6.45) is 2.08. The van der Waals surface area contributed by atoms with Crippen LogP contribution in [0.5, 0.6) is 5.75 Å². The number of para-hydroxylation sites is 1. The smallest absolute Gasteiger partial charge is 0.118 e. The molecule has 0 bridgehead atoms. The van der Waals surface area contributed by atoms with Crippen LogP contribution in [0.15, 0.2) is 85.1 Å². The van der Waals surface area contributed by atoms with E-state index in [2.05, 4.69) is 60.3 Å². The van der Waals surface area contributed by atoms with Gasteiger partial charge in [-0.1, -0.05) is 60.4 Å². The molecule has 2 heteroatoms. The highest BCUT2D eigenvalue weighted by Gasteiger charge is 2.29. The lowest BCUT2D eigenvalue weighted by atomic mass is 9.76. The molecule has 1 heterocycles. The van der Waals surface area contributed by atoms with Crippen LogP contribution < -0.4 is 4.74 Å². The quantitative estimate of drug-likeness (QED) is 0.482. The van der Waals surface area contributed by atoms with E-state index in [1.165, 1.54) is 10.9 Å². The average Bonchev–Trinajstić information content (AvgIpc) is 3.18. The fourth-order valence-electron chi connectivity index (χ4n) is 3.42. The van der Waals surface area contributed by atoms with Crippen molar-refractivity contribution < 1.29 is 4.74 Å². The van der Waals surface area contributed by atoms with Gasteiger partial charge in [0.1, 0.15) is 5.75 Å². The number of ether oxygens (including phenoxy) is 1. The minimum Gasteiger partial charge on any atom is -0.497 e. The number of fused-ring (bicyclic) bond motifs is 1. The zero-order chi connectivity index (χ0) is 18.7. The van der Waals surface area contributed by atoms with E-state index in [-0.39, 0.29) is 0 Å². The normalized spacial score (nSPS) is 12.8. The third kappa shape index (κ3) is 3.20. The summed E-state index contributed by atoms with van der Waals surface area (Å²) in [5.74, 6) is 7.76. The van der Waals surface area contributed by atoms with Gasteiger partial charge in [0.2, 0.25) is 0 Å². The minimum atomic E-state index is -0.457. The lowest BCUT2D eigenvalue weighted by molar-refractivity contribution is 0.414. The first-order chi connectivity index (χ1) is 13.2. The van der Waals surface area contributed by atoms with Gasteiger partial charge in [-0.2, -0.15) is 0 Å². The number of nitrogens with one attached hydrogen (secondary N) is 1. The Labute approximate surface area is 159 Å². The minimum absolute atomic E-state index is 0.457. The fourth-order valence-corrected chi connectivity index (χ4v) is 3.42. The molecule has 27 heavy (non-hydrogen) atoms. The molecule has 3 aromatic carbocycles. The molecular weight excluding hydrogens is 330 g/mol. The third-order valence-electron chi connectivity index (χ3n) is 5.03. The highest BCUT2D eigenvalue weighted by molar-refractivity contribution is 5.85. The summed E-state index contributed by atoms with van der Waals surface area (Å²) in [5.41, 5.74) is 3.98. The maximum absolute atomic E-state index is 5.33. The fraction of sp³-hybridized carbons (Fsp3) is 0.120. The van der Waals surface area contributed by atoms with Crippen molar-refractivity contribution >= 4 is 10.9 Å². The zero-order valence-electron chi connectivity index (χ0n) is 15.5. The Morgan fingerprint density at radius 1 is 0.852 bits per heavy atom. The van der Waals surface area contributed by atoms with Crippen molar-refractivity contribution in [3.63, 3.8) is 0 Å². The molecule has 2 nitrogen and oxygen atoms in total. The van der Waals surface area contributed by atoms with Crippen molar-refractivity contribution in [1.29, 1.82) is 0 Å². The van der Waals surface area contributed by atoms with Gasteiger partial charge in [-0.05, 0) is 48.4 Å². The molecule has 4 aromatic rings. The highest BCUT2D eigenvalue weighted by Crippen LogP contribution is 2.36. The van der Waals surface area contributed by atoms with Crippen molar-refractivity contribution in [2.45, 2.75) is 12.3 Å². The average molecular weight is 351 g/mol. The van der Waals surface area contributed by atoms with Crippen LogP contribution in [0, 0.1) is 11.8 Å². The maximum Gasteiger partial charge on any atom is 0.118 e. The Morgan fingerprint density at radius 2 is 1.56 bits per heavy atom. The summed E-state index contributed by atoms with van der Waals surface area (Å²) in [6, 6.07) is 26.6. The van der Waals surface area contributed by atoms with Gasteiger partial charge in [0.25, 0.3) is 0 Å². The Hall–Kier alpha value is -3.44. The molecule has 1 N–H and O–H groups in total. The molecule has 132 valence electrons. The predicted molar refractivity (Wildman–Crippen MR) is 111 cm³/mol. The van der Waals surface area contributed by atoms with Gasteiger partial charge in [-0.25, -0.2) is 0 Å². The number of hydrogen-bond acceptors (Lipinski definition) is 1. The van der Waals surface area contributed by atoms with E-state index in [0.29, 0.717) is 0 Å². The second-order valence-corrected chi connectivity index (χ2v) is 6.72. The molecule has 1 atom stereocenters. The van der Waals surface area contributed by atoms with Gasteiger partial charge in [-0.15, -0.1) is 0 Å². The van der Waals surface area contributed by atoms with E-state index < -0.39 is 5.41 Å². The molecule has 0 radical (unpaired) electrons. The van der Waals surface area contributed by atoms with Crippen LogP contribution >= 0.6 is 0 Å². The lowest BCUT2D eigenvalue weighted by Crippen LogP contribution is -2.21. The molecular formula is C25H21NO. The van der Waals surface area contributed by atoms with E-state index in [1.807, 2.05) is 48.5 Å². The number of rotatable bonds is 3. The predicted octanol–water partition coefficient (Wildman–Crippen LogP) is 5.53. The van der Waals surface area contributed by atoms with Gasteiger partial charge in [-0.3, -0.25) is 0 Å². The van der Waals surface area contributed by atoms with Crippen molar-refractivity contribution in [3.8, 4) is 17.6 Å². The van der Waals surface area contributed by atoms with Gasteiger partial charge in [0.05, 0.1) is 12.5 Å². The number of hydrogen-bond donors (Lipinski definition) is 1. The van der Waals surface area contributed by atoms with Crippen LogP contribution in [0.1, 0.15) is 23.6 Å². The van der Waals surface area contributed by atoms with Crippen molar-refractivity contribution in [3.05, 3.63) is 102 Å². The summed E-state index contributed by atoms with van der Waals surface area (Å²) in [7, 11) is 1.68. The Bertz CT molecular complexity index is 1110. The van der Waals surface area contributed by atoms with Gasteiger partial charge in [0, 0.05) is 22.7 Å². The number of methoxy groups -OCH3 is 1. The first-order valence-corrected chi connectivity index (χ1v) is 9.00. The number of aromatic amines is 1. The molecule has 0 spiro atoms. The molecule has 0 fully saturated rings. The molecule has 0 amide bonds. The van der Waals surface area contributed by atoms with Crippen molar-refractivity contribution in [2.24, 2.45) is 0 Å². The maximum atomic E-state index is 5.33. The summed E-state index contributed by atoms with van der Waals surface area (Å²) < 4.78 is 5.33. The standard InChI is InChI=1S/C25H21NO/c1-25(17-16-19-8-4-3-5-9-19,20-12-14-21(27-2)15-13-20)23-18-26-24-11-7-6-10-22(23)24/h3-15,18,26H,1-2H3. The first kappa shape index (κ1) is 17.0. The number of H-pyrrole nitrogens is 1. The van der Waals surface area contributed by atoms with Crippen LogP contribution in [0.4, 0.5) is 0 Å². The molecule has 1 unspecified atom stereocenters. The van der Waals surface area contributed by atoms with Crippen LogP contribution in [-0.4, -0.2) is 12.1 Å². The Balaban J connectivity index is 1.90. The monoisotopic (exact) mass is 351 g/mol. The van der Waals surface area contributed by atoms with E-state index in [9.17, 15) is 0 Å². The van der Waals surface area contributed by atoms with Crippen LogP contribution in [-0.2, 0) is 5.41 Å². The van der Waals surface area contributed by atoms with Gasteiger partial charge < -0.3 is 9.72 Å². The largest absolute Gasteiger partial charge is 0.497 e. The summed E-state index contributed by atoms with van der Waals surface area (Å²) in [5, 5.41) is 1.19. The second-order valence-electron chi connectivity index (χ2n) is 6.72. The molecule has 0 aliphatic rings. The summed E-state index contributed by atoms with van der Waals surface area (Å²) in [4.78, 5) is 3.39. The van der Waals surface area contributed by atoms with Crippen LogP contribution in [0.3, 0.4) is 0 Å². The van der Waals surface area contributed by atoms with E-state index in [4.69, 9.17) is 4.74 Å². The molecule has 0 aliphatic carbocycles. The Kier molecular flexibility index (Phi) is 4.44. The second kappa shape index (κ2) is 7.05. The third-order valence-corrected chi connectivity index (χ3v) is 5.03. The van der Waals surface area contributed by atoms with E-state index in [0.717, 1.165) is 22.4 Å². The lowest BCUT2D eigenvalue weighted by Gasteiger charge is -2.24. The van der Waals surface area contributed by atoms with Crippen molar-refractivity contribution in [2.75, 3.05) is 7.11 Å². The summed E-state index contributed by atoms with van der Waals surface area (Å²) in [6.45, 7) is 2.18. The molecule has 4 rings (SSSR count).